The van der Waals surface area contributed by atoms with Crippen molar-refractivity contribution in [1.82, 2.24) is 14.3 Å². The first-order chi connectivity index (χ1) is 7.86. The first kappa shape index (κ1) is 9.72. The molecule has 0 aromatic carbocycles. The van der Waals surface area contributed by atoms with Gasteiger partial charge in [-0.25, -0.2) is 4.98 Å². The molecule has 5 heteroatoms. The lowest BCUT2D eigenvalue weighted by molar-refractivity contribution is 0.861. The van der Waals surface area contributed by atoms with Gasteiger partial charge in [-0.2, -0.15) is 4.37 Å². The third kappa shape index (κ3) is 1.57. The zero-order chi connectivity index (χ0) is 11.0. The number of anilines is 1. The predicted octanol–water partition coefficient (Wildman–Crippen LogP) is 2.02. The molecule has 0 N–H and O–H groups in total. The van der Waals surface area contributed by atoms with Crippen LogP contribution in [0.5, 0.6) is 0 Å². The predicted molar refractivity (Wildman–Crippen MR) is 63.4 cm³/mol. The highest BCUT2D eigenvalue weighted by molar-refractivity contribution is 7.09. The average molecular weight is 232 g/mol. The van der Waals surface area contributed by atoms with Gasteiger partial charge in [0.2, 0.25) is 5.13 Å². The standard InChI is InChI=1S/C11H12N4S/c1-2-10-13-11(16-14-10)15-6-8-3-4-12-5-9(8)7-15/h3-5H,2,6-7H2,1H3. The number of hydrogen-bond acceptors (Lipinski definition) is 5. The van der Waals surface area contributed by atoms with Crippen molar-refractivity contribution in [3.63, 3.8) is 0 Å². The van der Waals surface area contributed by atoms with E-state index in [-0.39, 0.29) is 0 Å². The minimum Gasteiger partial charge on any atom is -0.338 e. The van der Waals surface area contributed by atoms with Gasteiger partial charge in [0.05, 0.1) is 0 Å². The van der Waals surface area contributed by atoms with Gasteiger partial charge in [-0.1, -0.05) is 6.92 Å². The van der Waals surface area contributed by atoms with Crippen LogP contribution in [0.25, 0.3) is 0 Å². The zero-order valence-electron chi connectivity index (χ0n) is 9.05. The second-order valence-electron chi connectivity index (χ2n) is 3.85. The van der Waals surface area contributed by atoms with Crippen LogP contribution in [0.15, 0.2) is 18.5 Å². The SMILES string of the molecule is CCc1nsc(N2Cc3ccncc3C2)n1. The second-order valence-corrected chi connectivity index (χ2v) is 4.58. The Bertz CT molecular complexity index is 483. The van der Waals surface area contributed by atoms with Crippen molar-refractivity contribution in [2.45, 2.75) is 26.4 Å². The van der Waals surface area contributed by atoms with Gasteiger partial charge in [0.25, 0.3) is 0 Å². The Labute approximate surface area is 98.1 Å². The summed E-state index contributed by atoms with van der Waals surface area (Å²) in [5.41, 5.74) is 2.65. The fourth-order valence-electron chi connectivity index (χ4n) is 1.87. The van der Waals surface area contributed by atoms with E-state index in [0.29, 0.717) is 0 Å². The lowest BCUT2D eigenvalue weighted by Crippen LogP contribution is -2.14. The van der Waals surface area contributed by atoms with Crippen LogP contribution in [0.2, 0.25) is 0 Å². The molecule has 2 aromatic rings. The van der Waals surface area contributed by atoms with Gasteiger partial charge >= 0.3 is 0 Å². The molecule has 0 amide bonds. The van der Waals surface area contributed by atoms with Gasteiger partial charge in [-0.15, -0.1) is 0 Å². The summed E-state index contributed by atoms with van der Waals surface area (Å²) < 4.78 is 4.32. The minimum atomic E-state index is 0.902. The molecule has 1 aliphatic heterocycles. The molecule has 0 fully saturated rings. The maximum absolute atomic E-state index is 4.51. The second kappa shape index (κ2) is 3.83. The van der Waals surface area contributed by atoms with Crippen LogP contribution in [-0.4, -0.2) is 14.3 Å². The van der Waals surface area contributed by atoms with Crippen molar-refractivity contribution in [1.29, 1.82) is 0 Å². The highest BCUT2D eigenvalue weighted by atomic mass is 32.1. The minimum absolute atomic E-state index is 0.902. The van der Waals surface area contributed by atoms with Crippen LogP contribution in [0, 0.1) is 0 Å². The first-order valence-electron chi connectivity index (χ1n) is 5.36. The van der Waals surface area contributed by atoms with E-state index in [0.717, 1.165) is 30.5 Å². The molecule has 0 saturated carbocycles. The normalized spacial score (nSPS) is 14.2. The van der Waals surface area contributed by atoms with E-state index in [1.807, 2.05) is 12.4 Å². The van der Waals surface area contributed by atoms with Crippen LogP contribution in [0.1, 0.15) is 23.9 Å². The van der Waals surface area contributed by atoms with Crippen molar-refractivity contribution >= 4 is 16.7 Å². The van der Waals surface area contributed by atoms with Gasteiger partial charge in [0.15, 0.2) is 0 Å². The zero-order valence-corrected chi connectivity index (χ0v) is 9.87. The molecule has 3 heterocycles. The third-order valence-corrected chi connectivity index (χ3v) is 3.59. The Balaban J connectivity index is 1.85. The third-order valence-electron chi connectivity index (χ3n) is 2.77. The molecule has 1 aliphatic rings. The highest BCUT2D eigenvalue weighted by Crippen LogP contribution is 2.28. The van der Waals surface area contributed by atoms with Crippen LogP contribution in [0.4, 0.5) is 5.13 Å². The Morgan fingerprint density at radius 2 is 2.25 bits per heavy atom. The number of rotatable bonds is 2. The van der Waals surface area contributed by atoms with E-state index in [2.05, 4.69) is 32.2 Å². The van der Waals surface area contributed by atoms with E-state index in [1.165, 1.54) is 22.7 Å². The van der Waals surface area contributed by atoms with Gasteiger partial charge in [0.1, 0.15) is 5.82 Å². The Kier molecular flexibility index (Phi) is 2.32. The summed E-state index contributed by atoms with van der Waals surface area (Å²) in [6.07, 6.45) is 4.69. The van der Waals surface area contributed by atoms with Gasteiger partial charge < -0.3 is 4.90 Å². The van der Waals surface area contributed by atoms with Crippen molar-refractivity contribution in [2.75, 3.05) is 4.90 Å². The van der Waals surface area contributed by atoms with Crippen LogP contribution in [0.3, 0.4) is 0 Å². The quantitative estimate of drug-likeness (QED) is 0.794. The van der Waals surface area contributed by atoms with Gasteiger partial charge in [0, 0.05) is 43.4 Å². The number of hydrogen-bond donors (Lipinski definition) is 0. The molecule has 0 bridgehead atoms. The van der Waals surface area contributed by atoms with E-state index in [4.69, 9.17) is 0 Å². The fourth-order valence-corrected chi connectivity index (χ4v) is 2.62. The molecular weight excluding hydrogens is 220 g/mol. The summed E-state index contributed by atoms with van der Waals surface area (Å²) in [4.78, 5) is 10.9. The molecule has 0 unspecified atom stereocenters. The largest absolute Gasteiger partial charge is 0.338 e. The van der Waals surface area contributed by atoms with E-state index < -0.39 is 0 Å². The van der Waals surface area contributed by atoms with Crippen LogP contribution < -0.4 is 4.90 Å². The average Bonchev–Trinajstić information content (AvgIpc) is 2.95. The topological polar surface area (TPSA) is 41.9 Å². The summed E-state index contributed by atoms with van der Waals surface area (Å²) in [6, 6.07) is 2.08. The Hall–Kier alpha value is -1.49. The molecule has 3 rings (SSSR count). The number of pyridine rings is 1. The molecule has 0 atom stereocenters. The smallest absolute Gasteiger partial charge is 0.205 e. The molecule has 0 aliphatic carbocycles. The van der Waals surface area contributed by atoms with Crippen LogP contribution >= 0.6 is 11.5 Å². The lowest BCUT2D eigenvalue weighted by Gasteiger charge is -2.11. The Morgan fingerprint density at radius 3 is 3.00 bits per heavy atom. The maximum atomic E-state index is 4.51. The molecule has 0 radical (unpaired) electrons. The van der Waals surface area contributed by atoms with E-state index >= 15 is 0 Å². The van der Waals surface area contributed by atoms with Crippen LogP contribution in [-0.2, 0) is 19.5 Å². The molecular formula is C11H12N4S. The summed E-state index contributed by atoms with van der Waals surface area (Å²) in [5, 5.41) is 1.02. The molecule has 16 heavy (non-hydrogen) atoms. The lowest BCUT2D eigenvalue weighted by atomic mass is 10.2. The summed E-state index contributed by atoms with van der Waals surface area (Å²) >= 11 is 1.49. The fraction of sp³-hybridized carbons (Fsp3) is 0.364. The van der Waals surface area contributed by atoms with Crippen molar-refractivity contribution in [2.24, 2.45) is 0 Å². The summed E-state index contributed by atoms with van der Waals surface area (Å²) in [7, 11) is 0. The molecule has 2 aromatic heterocycles. The van der Waals surface area contributed by atoms with E-state index in [1.54, 1.807) is 0 Å². The van der Waals surface area contributed by atoms with Gasteiger partial charge in [-0.3, -0.25) is 4.98 Å². The molecule has 82 valence electrons. The molecule has 4 nitrogen and oxygen atoms in total. The van der Waals surface area contributed by atoms with Crippen molar-refractivity contribution in [3.8, 4) is 0 Å². The first-order valence-corrected chi connectivity index (χ1v) is 6.13. The summed E-state index contributed by atoms with van der Waals surface area (Å²) in [5.74, 6) is 0.939. The van der Waals surface area contributed by atoms with Gasteiger partial charge in [-0.05, 0) is 17.2 Å². The number of nitrogens with zero attached hydrogens (tertiary/aromatic N) is 4. The maximum Gasteiger partial charge on any atom is 0.205 e. The van der Waals surface area contributed by atoms with E-state index in [9.17, 15) is 0 Å². The Morgan fingerprint density at radius 1 is 1.38 bits per heavy atom. The number of aryl methyl sites for hydroxylation is 1. The van der Waals surface area contributed by atoms with Crippen molar-refractivity contribution < 1.29 is 0 Å². The molecule has 0 spiro atoms. The van der Waals surface area contributed by atoms with Crippen molar-refractivity contribution in [3.05, 3.63) is 35.4 Å². The summed E-state index contributed by atoms with van der Waals surface area (Å²) in [6.45, 7) is 3.91. The highest BCUT2D eigenvalue weighted by Gasteiger charge is 2.21. The monoisotopic (exact) mass is 232 g/mol. The number of fused-ring (bicyclic) bond motifs is 1. The molecule has 0 saturated heterocycles. The number of aromatic nitrogens is 3.